The van der Waals surface area contributed by atoms with E-state index in [2.05, 4.69) is 0 Å². The van der Waals surface area contributed by atoms with Gasteiger partial charge >= 0.3 is 5.97 Å². The molecule has 24 heavy (non-hydrogen) atoms. The van der Waals surface area contributed by atoms with Crippen molar-refractivity contribution in [3.63, 3.8) is 0 Å². The van der Waals surface area contributed by atoms with Gasteiger partial charge in [0.15, 0.2) is 11.5 Å². The molecule has 0 bridgehead atoms. The predicted molar refractivity (Wildman–Crippen MR) is 79.2 cm³/mol. The Kier molecular flexibility index (Phi) is 5.75. The fourth-order valence-corrected chi connectivity index (χ4v) is 2.20. The van der Waals surface area contributed by atoms with Crippen LogP contribution in [0.2, 0.25) is 0 Å². The highest BCUT2D eigenvalue weighted by Crippen LogP contribution is 2.31. The molecule has 2 rings (SSSR count). The highest BCUT2D eigenvalue weighted by atomic mass is 16.7. The van der Waals surface area contributed by atoms with Crippen LogP contribution >= 0.6 is 0 Å². The summed E-state index contributed by atoms with van der Waals surface area (Å²) < 4.78 is 10.4. The van der Waals surface area contributed by atoms with Crippen molar-refractivity contribution in [3.8, 4) is 11.5 Å². The summed E-state index contributed by atoms with van der Waals surface area (Å²) in [6.45, 7) is -0.601. The van der Waals surface area contributed by atoms with Crippen molar-refractivity contribution in [1.29, 1.82) is 0 Å². The minimum Gasteiger partial charge on any atom is -0.504 e. The Labute approximate surface area is 136 Å². The number of carbonyl (C=O) groups is 1. The third-order valence-corrected chi connectivity index (χ3v) is 3.49. The van der Waals surface area contributed by atoms with Crippen molar-refractivity contribution in [3.05, 3.63) is 29.8 Å². The van der Waals surface area contributed by atoms with Crippen LogP contribution in [-0.4, -0.2) is 73.9 Å². The van der Waals surface area contributed by atoms with Crippen molar-refractivity contribution in [2.24, 2.45) is 0 Å². The molecule has 6 N–H and O–H groups in total. The van der Waals surface area contributed by atoms with Crippen LogP contribution in [0.4, 0.5) is 0 Å². The molecule has 1 saturated heterocycles. The molecule has 1 aliphatic rings. The van der Waals surface area contributed by atoms with Gasteiger partial charge in [-0.2, -0.15) is 0 Å². The molecule has 1 aromatic carbocycles. The van der Waals surface area contributed by atoms with Crippen LogP contribution in [0.25, 0.3) is 6.08 Å². The number of phenolic OH excluding ortho intramolecular Hbond substituents is 1. The summed E-state index contributed by atoms with van der Waals surface area (Å²) in [5.74, 6) is -1.58. The first kappa shape index (κ1) is 18.2. The maximum absolute atomic E-state index is 10.5. The number of aliphatic hydroxyl groups excluding tert-OH is 4. The molecular formula is C15H18O9. The molecule has 1 fully saturated rings. The second kappa shape index (κ2) is 7.60. The molecule has 1 aliphatic heterocycles. The Balaban J connectivity index is 2.13. The Morgan fingerprint density at radius 3 is 2.50 bits per heavy atom. The molecule has 0 aliphatic carbocycles. The van der Waals surface area contributed by atoms with Gasteiger partial charge in [-0.25, -0.2) is 4.79 Å². The quantitative estimate of drug-likeness (QED) is 0.357. The Morgan fingerprint density at radius 2 is 1.92 bits per heavy atom. The van der Waals surface area contributed by atoms with Gasteiger partial charge in [-0.05, 0) is 23.8 Å². The van der Waals surface area contributed by atoms with Crippen molar-refractivity contribution in [1.82, 2.24) is 0 Å². The number of hydrogen-bond donors (Lipinski definition) is 6. The van der Waals surface area contributed by atoms with Crippen molar-refractivity contribution < 1.29 is 44.9 Å². The highest BCUT2D eigenvalue weighted by Gasteiger charge is 2.44. The largest absolute Gasteiger partial charge is 0.504 e. The lowest BCUT2D eigenvalue weighted by atomic mass is 9.99. The molecule has 5 unspecified atom stereocenters. The first-order valence-corrected chi connectivity index (χ1v) is 7.04. The van der Waals surface area contributed by atoms with Crippen LogP contribution in [-0.2, 0) is 9.53 Å². The summed E-state index contributed by atoms with van der Waals surface area (Å²) in [4.78, 5) is 10.5. The van der Waals surface area contributed by atoms with E-state index >= 15 is 0 Å². The summed E-state index contributed by atoms with van der Waals surface area (Å²) in [5.41, 5.74) is 0.399. The summed E-state index contributed by atoms with van der Waals surface area (Å²) in [6, 6.07) is 4.01. The lowest BCUT2D eigenvalue weighted by Crippen LogP contribution is -2.60. The van der Waals surface area contributed by atoms with Crippen molar-refractivity contribution in [2.75, 3.05) is 6.61 Å². The van der Waals surface area contributed by atoms with E-state index in [1.165, 1.54) is 24.3 Å². The first-order valence-electron chi connectivity index (χ1n) is 7.04. The van der Waals surface area contributed by atoms with Crippen LogP contribution in [0.5, 0.6) is 11.5 Å². The number of aliphatic hydroxyl groups is 4. The van der Waals surface area contributed by atoms with E-state index < -0.39 is 43.3 Å². The Bertz CT molecular complexity index is 613. The number of rotatable bonds is 5. The SMILES string of the molecule is O=C(O)/C=C/c1ccc(OC2OC(CO)C(O)C(O)C2O)c(O)c1. The minimum atomic E-state index is -1.60. The molecule has 9 heteroatoms. The Hall–Kier alpha value is -2.17. The number of benzene rings is 1. The predicted octanol–water partition coefficient (Wildman–Crippen LogP) is -1.33. The van der Waals surface area contributed by atoms with Crippen LogP contribution in [0.3, 0.4) is 0 Å². The van der Waals surface area contributed by atoms with Crippen molar-refractivity contribution in [2.45, 2.75) is 30.7 Å². The van der Waals surface area contributed by atoms with Gasteiger partial charge in [0.25, 0.3) is 0 Å². The number of aromatic hydroxyl groups is 1. The van der Waals surface area contributed by atoms with Crippen LogP contribution in [0.15, 0.2) is 24.3 Å². The summed E-state index contributed by atoms with van der Waals surface area (Å²) in [5, 5.41) is 56.8. The smallest absolute Gasteiger partial charge is 0.328 e. The molecule has 9 nitrogen and oxygen atoms in total. The van der Waals surface area contributed by atoms with E-state index in [1.807, 2.05) is 0 Å². The molecule has 5 atom stereocenters. The van der Waals surface area contributed by atoms with Gasteiger partial charge in [0.1, 0.15) is 24.4 Å². The van der Waals surface area contributed by atoms with E-state index in [9.17, 15) is 25.2 Å². The molecule has 0 radical (unpaired) electrons. The fraction of sp³-hybridized carbons (Fsp3) is 0.400. The van der Waals surface area contributed by atoms with E-state index in [0.29, 0.717) is 5.56 Å². The molecule has 1 aromatic rings. The standard InChI is InChI=1S/C15H18O9/c16-6-10-12(20)13(21)14(22)15(24-10)23-9-3-1-7(5-8(9)17)2-4-11(18)19/h1-5,10,12-17,20-22H,6H2,(H,18,19)/b4-2+. The summed E-state index contributed by atoms with van der Waals surface area (Å²) in [7, 11) is 0. The van der Waals surface area contributed by atoms with E-state index in [0.717, 1.165) is 6.08 Å². The van der Waals surface area contributed by atoms with Gasteiger partial charge in [0, 0.05) is 6.08 Å². The second-order valence-electron chi connectivity index (χ2n) is 5.21. The van der Waals surface area contributed by atoms with Crippen molar-refractivity contribution >= 4 is 12.0 Å². The van der Waals surface area contributed by atoms with Gasteiger partial charge < -0.3 is 40.1 Å². The number of carboxylic acid groups (broad SMARTS) is 1. The van der Waals surface area contributed by atoms with Gasteiger partial charge in [0.05, 0.1) is 6.61 Å². The van der Waals surface area contributed by atoms with Gasteiger partial charge in [-0.15, -0.1) is 0 Å². The maximum atomic E-state index is 10.5. The molecular weight excluding hydrogens is 324 g/mol. The zero-order valence-electron chi connectivity index (χ0n) is 12.4. The second-order valence-corrected chi connectivity index (χ2v) is 5.21. The summed E-state index contributed by atoms with van der Waals surface area (Å²) in [6.07, 6.45) is -5.11. The zero-order valence-corrected chi connectivity index (χ0v) is 12.4. The third-order valence-electron chi connectivity index (χ3n) is 3.49. The summed E-state index contributed by atoms with van der Waals surface area (Å²) >= 11 is 0. The molecule has 132 valence electrons. The normalized spacial score (nSPS) is 30.4. The topological polar surface area (TPSA) is 157 Å². The monoisotopic (exact) mass is 342 g/mol. The molecule has 0 saturated carbocycles. The molecule has 1 heterocycles. The minimum absolute atomic E-state index is 0.0909. The van der Waals surface area contributed by atoms with E-state index in [-0.39, 0.29) is 11.5 Å². The maximum Gasteiger partial charge on any atom is 0.328 e. The van der Waals surface area contributed by atoms with Gasteiger partial charge in [0.2, 0.25) is 6.29 Å². The lowest BCUT2D eigenvalue weighted by molar-refractivity contribution is -0.277. The van der Waals surface area contributed by atoms with Crippen LogP contribution < -0.4 is 4.74 Å². The number of phenols is 1. The highest BCUT2D eigenvalue weighted by molar-refractivity contribution is 5.85. The zero-order chi connectivity index (χ0) is 17.9. The molecule has 0 aromatic heterocycles. The number of hydrogen-bond acceptors (Lipinski definition) is 8. The van der Waals surface area contributed by atoms with Gasteiger partial charge in [-0.3, -0.25) is 0 Å². The van der Waals surface area contributed by atoms with E-state index in [4.69, 9.17) is 19.7 Å². The molecule has 0 spiro atoms. The average molecular weight is 342 g/mol. The fourth-order valence-electron chi connectivity index (χ4n) is 2.20. The number of ether oxygens (including phenoxy) is 2. The van der Waals surface area contributed by atoms with E-state index in [1.54, 1.807) is 0 Å². The van der Waals surface area contributed by atoms with Crippen LogP contribution in [0, 0.1) is 0 Å². The third kappa shape index (κ3) is 4.02. The number of aliphatic carboxylic acids is 1. The lowest BCUT2D eigenvalue weighted by Gasteiger charge is -2.39. The number of carboxylic acids is 1. The van der Waals surface area contributed by atoms with Crippen LogP contribution in [0.1, 0.15) is 5.56 Å². The Morgan fingerprint density at radius 1 is 1.21 bits per heavy atom. The molecule has 0 amide bonds. The van der Waals surface area contributed by atoms with Gasteiger partial charge in [-0.1, -0.05) is 6.07 Å². The first-order chi connectivity index (χ1) is 11.3. The average Bonchev–Trinajstić information content (AvgIpc) is 2.55.